The second kappa shape index (κ2) is 6.19. The van der Waals surface area contributed by atoms with Crippen LogP contribution in [0.15, 0.2) is 0 Å². The molecule has 2 fully saturated rings. The molecule has 1 aliphatic carbocycles. The molecule has 2 aliphatic rings. The summed E-state index contributed by atoms with van der Waals surface area (Å²) in [5.74, 6) is 2.80. The summed E-state index contributed by atoms with van der Waals surface area (Å²) >= 11 is 0. The molecule has 0 radical (unpaired) electrons. The lowest BCUT2D eigenvalue weighted by Gasteiger charge is -2.41. The van der Waals surface area contributed by atoms with Crippen molar-refractivity contribution in [3.05, 3.63) is 0 Å². The van der Waals surface area contributed by atoms with Gasteiger partial charge in [-0.2, -0.15) is 0 Å². The fourth-order valence-electron chi connectivity index (χ4n) is 3.63. The third kappa shape index (κ3) is 3.69. The molecule has 1 saturated carbocycles. The predicted molar refractivity (Wildman–Crippen MR) is 73.9 cm³/mol. The fraction of sp³-hybridized carbons (Fsp3) is 1.00. The van der Waals surface area contributed by atoms with Gasteiger partial charge in [0.25, 0.3) is 0 Å². The maximum Gasteiger partial charge on any atom is 0.0221 e. The van der Waals surface area contributed by atoms with Crippen molar-refractivity contribution in [2.75, 3.05) is 19.6 Å². The number of hydrogen-bond acceptors (Lipinski definition) is 2. The Labute approximate surface area is 107 Å². The second-order valence-corrected chi connectivity index (χ2v) is 6.64. The molecule has 1 heterocycles. The summed E-state index contributed by atoms with van der Waals surface area (Å²) in [5.41, 5.74) is 5.94. The standard InChI is InChI=1S/C15H30N2/c1-12-3-5-14(6-4-12)11-17-8-7-13(2)9-15(17)10-16/h12-15H,3-11,16H2,1-2H3. The van der Waals surface area contributed by atoms with Crippen molar-refractivity contribution in [2.24, 2.45) is 23.5 Å². The van der Waals surface area contributed by atoms with Gasteiger partial charge in [0.2, 0.25) is 0 Å². The Morgan fingerprint density at radius 1 is 1.00 bits per heavy atom. The number of piperidine rings is 1. The van der Waals surface area contributed by atoms with Crippen molar-refractivity contribution >= 4 is 0 Å². The molecular weight excluding hydrogens is 208 g/mol. The van der Waals surface area contributed by atoms with Gasteiger partial charge in [-0.05, 0) is 50.0 Å². The highest BCUT2D eigenvalue weighted by molar-refractivity contribution is 4.83. The molecule has 2 heteroatoms. The van der Waals surface area contributed by atoms with Gasteiger partial charge in [0, 0.05) is 19.1 Å². The number of rotatable bonds is 3. The van der Waals surface area contributed by atoms with Crippen molar-refractivity contribution in [1.29, 1.82) is 0 Å². The minimum absolute atomic E-state index is 0.665. The van der Waals surface area contributed by atoms with Crippen molar-refractivity contribution in [2.45, 2.75) is 58.4 Å². The van der Waals surface area contributed by atoms with Gasteiger partial charge in [-0.25, -0.2) is 0 Å². The first-order chi connectivity index (χ1) is 8.19. The molecule has 0 aromatic carbocycles. The molecule has 2 atom stereocenters. The van der Waals surface area contributed by atoms with E-state index in [2.05, 4.69) is 18.7 Å². The van der Waals surface area contributed by atoms with E-state index in [1.807, 2.05) is 0 Å². The first-order valence-electron chi connectivity index (χ1n) is 7.63. The normalized spacial score (nSPS) is 40.4. The van der Waals surface area contributed by atoms with Crippen LogP contribution in [0.1, 0.15) is 52.4 Å². The van der Waals surface area contributed by atoms with E-state index in [0.29, 0.717) is 6.04 Å². The molecule has 0 bridgehead atoms. The number of nitrogens with two attached hydrogens (primary N) is 1. The van der Waals surface area contributed by atoms with E-state index >= 15 is 0 Å². The average Bonchev–Trinajstić information content (AvgIpc) is 2.34. The van der Waals surface area contributed by atoms with Crippen LogP contribution in [0.4, 0.5) is 0 Å². The average molecular weight is 238 g/mol. The summed E-state index contributed by atoms with van der Waals surface area (Å²) in [5, 5.41) is 0. The molecule has 0 aromatic rings. The molecule has 0 spiro atoms. The minimum Gasteiger partial charge on any atom is -0.329 e. The molecule has 0 aromatic heterocycles. The molecule has 2 N–H and O–H groups in total. The molecule has 2 nitrogen and oxygen atoms in total. The molecule has 17 heavy (non-hydrogen) atoms. The summed E-state index contributed by atoms with van der Waals surface area (Å²) in [6, 6.07) is 0.665. The number of hydrogen-bond donors (Lipinski definition) is 1. The van der Waals surface area contributed by atoms with E-state index < -0.39 is 0 Å². The van der Waals surface area contributed by atoms with Crippen LogP contribution in [0.25, 0.3) is 0 Å². The zero-order valence-electron chi connectivity index (χ0n) is 11.7. The van der Waals surface area contributed by atoms with Crippen molar-refractivity contribution < 1.29 is 0 Å². The van der Waals surface area contributed by atoms with Crippen LogP contribution in [0, 0.1) is 17.8 Å². The minimum atomic E-state index is 0.665. The Kier molecular flexibility index (Phi) is 4.87. The monoisotopic (exact) mass is 238 g/mol. The molecule has 2 unspecified atom stereocenters. The van der Waals surface area contributed by atoms with Crippen LogP contribution < -0.4 is 5.73 Å². The van der Waals surface area contributed by atoms with Gasteiger partial charge in [-0.1, -0.05) is 26.7 Å². The van der Waals surface area contributed by atoms with E-state index in [0.717, 1.165) is 24.3 Å². The van der Waals surface area contributed by atoms with E-state index in [4.69, 9.17) is 5.73 Å². The molecule has 1 aliphatic heterocycles. The molecule has 100 valence electrons. The molecule has 0 amide bonds. The third-order valence-corrected chi connectivity index (χ3v) is 5.00. The topological polar surface area (TPSA) is 29.3 Å². The maximum atomic E-state index is 5.94. The van der Waals surface area contributed by atoms with Gasteiger partial charge in [0.15, 0.2) is 0 Å². The van der Waals surface area contributed by atoms with Crippen molar-refractivity contribution in [3.63, 3.8) is 0 Å². The Morgan fingerprint density at radius 3 is 2.35 bits per heavy atom. The van der Waals surface area contributed by atoms with E-state index in [1.165, 1.54) is 51.6 Å². The van der Waals surface area contributed by atoms with E-state index in [1.54, 1.807) is 0 Å². The van der Waals surface area contributed by atoms with Gasteiger partial charge in [-0.3, -0.25) is 4.90 Å². The van der Waals surface area contributed by atoms with Gasteiger partial charge in [0.1, 0.15) is 0 Å². The van der Waals surface area contributed by atoms with Gasteiger partial charge in [-0.15, -0.1) is 0 Å². The van der Waals surface area contributed by atoms with E-state index in [-0.39, 0.29) is 0 Å². The largest absolute Gasteiger partial charge is 0.329 e. The Hall–Kier alpha value is -0.0800. The second-order valence-electron chi connectivity index (χ2n) is 6.64. The van der Waals surface area contributed by atoms with Crippen LogP contribution in [-0.4, -0.2) is 30.6 Å². The zero-order valence-corrected chi connectivity index (χ0v) is 11.7. The summed E-state index contributed by atoms with van der Waals surface area (Å²) in [7, 11) is 0. The Morgan fingerprint density at radius 2 is 1.71 bits per heavy atom. The maximum absolute atomic E-state index is 5.94. The summed E-state index contributed by atoms with van der Waals surface area (Å²) in [6.45, 7) is 8.24. The number of nitrogens with zero attached hydrogens (tertiary/aromatic N) is 1. The van der Waals surface area contributed by atoms with Crippen LogP contribution in [0.2, 0.25) is 0 Å². The summed E-state index contributed by atoms with van der Waals surface area (Å²) < 4.78 is 0. The van der Waals surface area contributed by atoms with Crippen LogP contribution in [-0.2, 0) is 0 Å². The lowest BCUT2D eigenvalue weighted by Crippen LogP contribution is -2.48. The van der Waals surface area contributed by atoms with Gasteiger partial charge in [0.05, 0.1) is 0 Å². The highest BCUT2D eigenvalue weighted by Gasteiger charge is 2.28. The van der Waals surface area contributed by atoms with Gasteiger partial charge >= 0.3 is 0 Å². The Balaban J connectivity index is 1.80. The van der Waals surface area contributed by atoms with Crippen molar-refractivity contribution in [3.8, 4) is 0 Å². The first-order valence-corrected chi connectivity index (χ1v) is 7.63. The summed E-state index contributed by atoms with van der Waals surface area (Å²) in [6.07, 6.45) is 8.48. The number of likely N-dealkylation sites (tertiary alicyclic amines) is 1. The Bertz CT molecular complexity index is 221. The lowest BCUT2D eigenvalue weighted by molar-refractivity contribution is 0.0899. The molecular formula is C15H30N2. The van der Waals surface area contributed by atoms with Crippen LogP contribution in [0.5, 0.6) is 0 Å². The van der Waals surface area contributed by atoms with E-state index in [9.17, 15) is 0 Å². The zero-order chi connectivity index (χ0) is 12.3. The lowest BCUT2D eigenvalue weighted by atomic mass is 9.82. The third-order valence-electron chi connectivity index (χ3n) is 5.00. The molecule has 1 saturated heterocycles. The van der Waals surface area contributed by atoms with Gasteiger partial charge < -0.3 is 5.73 Å². The van der Waals surface area contributed by atoms with Crippen molar-refractivity contribution in [1.82, 2.24) is 4.90 Å². The summed E-state index contributed by atoms with van der Waals surface area (Å²) in [4.78, 5) is 2.70. The smallest absolute Gasteiger partial charge is 0.0221 e. The fourth-order valence-corrected chi connectivity index (χ4v) is 3.63. The predicted octanol–water partition coefficient (Wildman–Crippen LogP) is 2.87. The SMILES string of the molecule is CC1CCC(CN2CCC(C)CC2CN)CC1. The molecule has 2 rings (SSSR count). The van der Waals surface area contributed by atoms with Crippen LogP contribution in [0.3, 0.4) is 0 Å². The quantitative estimate of drug-likeness (QED) is 0.819. The van der Waals surface area contributed by atoms with Crippen LogP contribution >= 0.6 is 0 Å². The highest BCUT2D eigenvalue weighted by Crippen LogP contribution is 2.31. The first kappa shape index (κ1) is 13.4. The highest BCUT2D eigenvalue weighted by atomic mass is 15.2.